The zero-order chi connectivity index (χ0) is 12.7. The van der Waals surface area contributed by atoms with Gasteiger partial charge in [-0.1, -0.05) is 26.2 Å². The first-order valence-electron chi connectivity index (χ1n) is 6.27. The van der Waals surface area contributed by atoms with E-state index in [1.165, 1.54) is 32.4 Å². The Bertz CT molecular complexity index is 341. The van der Waals surface area contributed by atoms with Crippen LogP contribution in [0.5, 0.6) is 5.75 Å². The Morgan fingerprint density at radius 3 is 2.76 bits per heavy atom. The van der Waals surface area contributed by atoms with Gasteiger partial charge in [0.25, 0.3) is 0 Å². The van der Waals surface area contributed by atoms with Crippen molar-refractivity contribution in [1.82, 2.24) is 0 Å². The number of ether oxygens (including phenoxy) is 1. The molecule has 1 unspecified atom stereocenters. The minimum Gasteiger partial charge on any atom is -0.494 e. The van der Waals surface area contributed by atoms with Gasteiger partial charge in [0, 0.05) is 17.8 Å². The molecule has 0 saturated heterocycles. The van der Waals surface area contributed by atoms with Crippen molar-refractivity contribution in [3.8, 4) is 5.75 Å². The zero-order valence-electron chi connectivity index (χ0n) is 10.9. The lowest BCUT2D eigenvalue weighted by atomic mass is 10.1. The summed E-state index contributed by atoms with van der Waals surface area (Å²) in [4.78, 5) is 0. The van der Waals surface area contributed by atoms with Crippen LogP contribution in [-0.4, -0.2) is 13.2 Å². The molecule has 1 N–H and O–H groups in total. The second-order valence-electron chi connectivity index (χ2n) is 4.39. The average Bonchev–Trinajstić information content (AvgIpc) is 2.32. The Morgan fingerprint density at radius 1 is 1.35 bits per heavy atom. The molecule has 0 radical (unpaired) electrons. The third kappa shape index (κ3) is 4.63. The van der Waals surface area contributed by atoms with Gasteiger partial charge in [-0.15, -0.1) is 0 Å². The standard InChI is InChI=1S/C14H22FNO/c1-4-5-6-7-11(2)16-12-8-9-13(15)14(10-12)17-3/h8-11,16H,4-7H2,1-3H3. The Balaban J connectivity index is 2.50. The van der Waals surface area contributed by atoms with Gasteiger partial charge in [0.15, 0.2) is 11.6 Å². The van der Waals surface area contributed by atoms with Crippen molar-refractivity contribution in [1.29, 1.82) is 0 Å². The smallest absolute Gasteiger partial charge is 0.165 e. The summed E-state index contributed by atoms with van der Waals surface area (Å²) in [6.07, 6.45) is 4.85. The molecule has 17 heavy (non-hydrogen) atoms. The van der Waals surface area contributed by atoms with E-state index in [0.717, 1.165) is 12.1 Å². The van der Waals surface area contributed by atoms with Crippen LogP contribution < -0.4 is 10.1 Å². The molecule has 1 rings (SSSR count). The van der Waals surface area contributed by atoms with E-state index >= 15 is 0 Å². The lowest BCUT2D eigenvalue weighted by Gasteiger charge is -2.15. The second kappa shape index (κ2) is 7.15. The van der Waals surface area contributed by atoms with Crippen LogP contribution in [0.25, 0.3) is 0 Å². The maximum atomic E-state index is 13.2. The van der Waals surface area contributed by atoms with E-state index in [1.807, 2.05) is 0 Å². The number of rotatable bonds is 7. The summed E-state index contributed by atoms with van der Waals surface area (Å²) in [7, 11) is 1.48. The SMILES string of the molecule is CCCCCC(C)Nc1ccc(F)c(OC)c1. The topological polar surface area (TPSA) is 21.3 Å². The molecule has 0 aromatic heterocycles. The summed E-state index contributed by atoms with van der Waals surface area (Å²) in [5.41, 5.74) is 0.909. The Morgan fingerprint density at radius 2 is 2.12 bits per heavy atom. The molecule has 2 nitrogen and oxygen atoms in total. The molecule has 1 aromatic carbocycles. The number of hydrogen-bond donors (Lipinski definition) is 1. The molecule has 0 amide bonds. The number of hydrogen-bond acceptors (Lipinski definition) is 2. The summed E-state index contributed by atoms with van der Waals surface area (Å²) in [6, 6.07) is 5.27. The van der Waals surface area contributed by atoms with Crippen LogP contribution in [0.15, 0.2) is 18.2 Å². The van der Waals surface area contributed by atoms with Crippen LogP contribution >= 0.6 is 0 Å². The van der Waals surface area contributed by atoms with Crippen molar-refractivity contribution >= 4 is 5.69 Å². The minimum absolute atomic E-state index is 0.288. The van der Waals surface area contributed by atoms with Crippen molar-refractivity contribution in [2.24, 2.45) is 0 Å². The van der Waals surface area contributed by atoms with Gasteiger partial charge in [0.1, 0.15) is 0 Å². The van der Waals surface area contributed by atoms with Crippen LogP contribution in [0.2, 0.25) is 0 Å². The molecule has 0 bridgehead atoms. The van der Waals surface area contributed by atoms with E-state index in [4.69, 9.17) is 4.74 Å². The second-order valence-corrected chi connectivity index (χ2v) is 4.39. The van der Waals surface area contributed by atoms with Gasteiger partial charge in [-0.2, -0.15) is 0 Å². The average molecular weight is 239 g/mol. The molecule has 0 aliphatic heterocycles. The fourth-order valence-corrected chi connectivity index (χ4v) is 1.81. The fraction of sp³-hybridized carbons (Fsp3) is 0.571. The van der Waals surface area contributed by atoms with Gasteiger partial charge in [0.05, 0.1) is 7.11 Å². The highest BCUT2D eigenvalue weighted by atomic mass is 19.1. The monoisotopic (exact) mass is 239 g/mol. The molecule has 0 aliphatic carbocycles. The third-order valence-electron chi connectivity index (χ3n) is 2.80. The van der Waals surface area contributed by atoms with Crippen LogP contribution in [0.3, 0.4) is 0 Å². The first kappa shape index (κ1) is 13.8. The summed E-state index contributed by atoms with van der Waals surface area (Å²) in [5, 5.41) is 3.36. The molecule has 0 spiro atoms. The van der Waals surface area contributed by atoms with Crippen molar-refractivity contribution in [3.05, 3.63) is 24.0 Å². The quantitative estimate of drug-likeness (QED) is 0.719. The fourth-order valence-electron chi connectivity index (χ4n) is 1.81. The molecule has 0 aliphatic rings. The molecule has 96 valence electrons. The van der Waals surface area contributed by atoms with Gasteiger partial charge in [-0.3, -0.25) is 0 Å². The lowest BCUT2D eigenvalue weighted by Crippen LogP contribution is -2.14. The molecule has 0 fully saturated rings. The number of nitrogens with one attached hydrogen (secondary N) is 1. The van der Waals surface area contributed by atoms with Crippen molar-refractivity contribution in [2.45, 2.75) is 45.6 Å². The highest BCUT2D eigenvalue weighted by Crippen LogP contribution is 2.22. The van der Waals surface area contributed by atoms with E-state index in [2.05, 4.69) is 19.2 Å². The predicted molar refractivity (Wildman–Crippen MR) is 70.2 cm³/mol. The van der Waals surface area contributed by atoms with Gasteiger partial charge < -0.3 is 10.1 Å². The van der Waals surface area contributed by atoms with Gasteiger partial charge >= 0.3 is 0 Å². The molecular weight excluding hydrogens is 217 g/mol. The molecule has 3 heteroatoms. The van der Waals surface area contributed by atoms with E-state index in [0.29, 0.717) is 6.04 Å². The van der Waals surface area contributed by atoms with Crippen LogP contribution in [-0.2, 0) is 0 Å². The number of anilines is 1. The molecule has 0 saturated carbocycles. The van der Waals surface area contributed by atoms with Gasteiger partial charge in [0.2, 0.25) is 0 Å². The number of methoxy groups -OCH3 is 1. The van der Waals surface area contributed by atoms with Crippen molar-refractivity contribution in [2.75, 3.05) is 12.4 Å². The summed E-state index contributed by atoms with van der Waals surface area (Å²) in [5.74, 6) is -0.0348. The highest BCUT2D eigenvalue weighted by molar-refractivity contribution is 5.49. The third-order valence-corrected chi connectivity index (χ3v) is 2.80. The Labute approximate surface area is 103 Å². The molecule has 0 heterocycles. The van der Waals surface area contributed by atoms with Crippen LogP contribution in [0, 0.1) is 5.82 Å². The van der Waals surface area contributed by atoms with Crippen molar-refractivity contribution < 1.29 is 9.13 Å². The maximum absolute atomic E-state index is 13.2. The summed E-state index contributed by atoms with van der Waals surface area (Å²) >= 11 is 0. The Kier molecular flexibility index (Phi) is 5.81. The summed E-state index contributed by atoms with van der Waals surface area (Å²) in [6.45, 7) is 4.34. The first-order valence-corrected chi connectivity index (χ1v) is 6.27. The van der Waals surface area contributed by atoms with Crippen molar-refractivity contribution in [3.63, 3.8) is 0 Å². The number of unbranched alkanes of at least 4 members (excludes halogenated alkanes) is 2. The van der Waals surface area contributed by atoms with Gasteiger partial charge in [-0.05, 0) is 25.5 Å². The van der Waals surface area contributed by atoms with Gasteiger partial charge in [-0.25, -0.2) is 4.39 Å². The first-order chi connectivity index (χ1) is 8.17. The van der Waals surface area contributed by atoms with E-state index in [-0.39, 0.29) is 11.6 Å². The highest BCUT2D eigenvalue weighted by Gasteiger charge is 2.06. The number of benzene rings is 1. The maximum Gasteiger partial charge on any atom is 0.165 e. The van der Waals surface area contributed by atoms with E-state index in [9.17, 15) is 4.39 Å². The molecule has 1 aromatic rings. The molecule has 1 atom stereocenters. The van der Waals surface area contributed by atoms with E-state index in [1.54, 1.807) is 12.1 Å². The summed E-state index contributed by atoms with van der Waals surface area (Å²) < 4.78 is 18.2. The lowest BCUT2D eigenvalue weighted by molar-refractivity contribution is 0.386. The minimum atomic E-state index is -0.323. The number of halogens is 1. The normalized spacial score (nSPS) is 12.2. The van der Waals surface area contributed by atoms with Crippen LogP contribution in [0.4, 0.5) is 10.1 Å². The molecular formula is C14H22FNO. The largest absolute Gasteiger partial charge is 0.494 e. The van der Waals surface area contributed by atoms with E-state index < -0.39 is 0 Å². The predicted octanol–water partition coefficient (Wildman–Crippen LogP) is 4.22. The Hall–Kier alpha value is -1.25. The zero-order valence-corrected chi connectivity index (χ0v) is 10.9. The van der Waals surface area contributed by atoms with Crippen LogP contribution in [0.1, 0.15) is 39.5 Å².